The highest BCUT2D eigenvalue weighted by Crippen LogP contribution is 2.22. The number of nitrogens with one attached hydrogen (secondary N) is 2. The van der Waals surface area contributed by atoms with Gasteiger partial charge in [0.25, 0.3) is 5.91 Å². The van der Waals surface area contributed by atoms with Gasteiger partial charge >= 0.3 is 0 Å². The molecule has 3 rings (SSSR count). The summed E-state index contributed by atoms with van der Waals surface area (Å²) in [5.41, 5.74) is 0.410. The zero-order valence-electron chi connectivity index (χ0n) is 18.3. The van der Waals surface area contributed by atoms with Crippen molar-refractivity contribution >= 4 is 35.0 Å². The van der Waals surface area contributed by atoms with Gasteiger partial charge in [0.1, 0.15) is 6.10 Å². The number of carbonyl (C=O) groups excluding carboxylic acids is 2. The van der Waals surface area contributed by atoms with E-state index >= 15 is 0 Å². The number of amides is 2. The largest absolute Gasteiger partial charge is 0.394 e. The molecular formula is C23H33Cl2N3O4. The summed E-state index contributed by atoms with van der Waals surface area (Å²) < 4.78 is 6.00. The first-order valence-electron chi connectivity index (χ1n) is 11.5. The van der Waals surface area contributed by atoms with Gasteiger partial charge in [-0.25, -0.2) is 0 Å². The molecule has 2 fully saturated rings. The molecule has 0 saturated carbocycles. The van der Waals surface area contributed by atoms with Crippen molar-refractivity contribution in [3.05, 3.63) is 33.8 Å². The van der Waals surface area contributed by atoms with Gasteiger partial charge in [-0.1, -0.05) is 29.6 Å². The fourth-order valence-corrected chi connectivity index (χ4v) is 4.89. The third-order valence-corrected chi connectivity index (χ3v) is 6.56. The third kappa shape index (κ3) is 7.89. The van der Waals surface area contributed by atoms with Crippen molar-refractivity contribution in [1.82, 2.24) is 15.5 Å². The van der Waals surface area contributed by atoms with E-state index in [1.165, 1.54) is 19.3 Å². The van der Waals surface area contributed by atoms with Crippen LogP contribution >= 0.6 is 23.2 Å². The monoisotopic (exact) mass is 485 g/mol. The van der Waals surface area contributed by atoms with E-state index in [1.807, 2.05) is 0 Å². The van der Waals surface area contributed by atoms with Crippen molar-refractivity contribution in [3.8, 4) is 0 Å². The molecule has 32 heavy (non-hydrogen) atoms. The predicted molar refractivity (Wildman–Crippen MR) is 125 cm³/mol. The molecule has 3 N–H and O–H groups in total. The first-order chi connectivity index (χ1) is 15.4. The molecule has 0 bridgehead atoms. The molecule has 3 atom stereocenters. The van der Waals surface area contributed by atoms with Crippen molar-refractivity contribution in [2.24, 2.45) is 0 Å². The number of aliphatic hydroxyl groups is 1. The Hall–Kier alpha value is -1.38. The second-order valence-corrected chi connectivity index (χ2v) is 9.46. The second kappa shape index (κ2) is 12.8. The molecule has 178 valence electrons. The highest BCUT2D eigenvalue weighted by atomic mass is 35.5. The Kier molecular flexibility index (Phi) is 10.1. The Balaban J connectivity index is 1.37. The Morgan fingerprint density at radius 1 is 1.09 bits per heavy atom. The van der Waals surface area contributed by atoms with Gasteiger partial charge in [-0.05, 0) is 63.4 Å². The Labute approximate surface area is 199 Å². The van der Waals surface area contributed by atoms with E-state index in [2.05, 4.69) is 15.5 Å². The maximum Gasteiger partial charge on any atom is 0.251 e. The summed E-state index contributed by atoms with van der Waals surface area (Å²) >= 11 is 11.9. The van der Waals surface area contributed by atoms with Gasteiger partial charge in [0.15, 0.2) is 0 Å². The van der Waals surface area contributed by atoms with Crippen molar-refractivity contribution in [3.63, 3.8) is 0 Å². The summed E-state index contributed by atoms with van der Waals surface area (Å²) in [5.74, 6) is -0.240. The summed E-state index contributed by atoms with van der Waals surface area (Å²) in [6.07, 6.45) is 5.75. The number of benzene rings is 1. The molecule has 1 aromatic carbocycles. The third-order valence-electron chi connectivity index (χ3n) is 6.12. The van der Waals surface area contributed by atoms with Crippen LogP contribution in [-0.2, 0) is 9.53 Å². The summed E-state index contributed by atoms with van der Waals surface area (Å²) in [6.45, 7) is 3.20. The number of carbonyl (C=O) groups is 2. The van der Waals surface area contributed by atoms with E-state index in [1.54, 1.807) is 18.2 Å². The van der Waals surface area contributed by atoms with Gasteiger partial charge in [-0.15, -0.1) is 0 Å². The number of hydrogen-bond acceptors (Lipinski definition) is 5. The molecule has 0 aromatic heterocycles. The summed E-state index contributed by atoms with van der Waals surface area (Å²) in [5, 5.41) is 16.5. The number of hydrogen-bond donors (Lipinski definition) is 3. The van der Waals surface area contributed by atoms with Crippen LogP contribution in [0.5, 0.6) is 0 Å². The Bertz CT molecular complexity index is 753. The fourth-order valence-electron chi connectivity index (χ4n) is 4.36. The van der Waals surface area contributed by atoms with Crippen molar-refractivity contribution in [2.75, 3.05) is 32.8 Å². The molecule has 2 aliphatic rings. The van der Waals surface area contributed by atoms with Crippen molar-refractivity contribution in [2.45, 2.75) is 63.2 Å². The minimum atomic E-state index is -0.435. The molecule has 0 radical (unpaired) electrons. The van der Waals surface area contributed by atoms with Gasteiger partial charge in [-0.2, -0.15) is 0 Å². The van der Waals surface area contributed by atoms with E-state index in [0.717, 1.165) is 32.5 Å². The molecule has 2 aliphatic heterocycles. The minimum absolute atomic E-state index is 0.00789. The quantitative estimate of drug-likeness (QED) is 0.499. The normalized spacial score (nSPS) is 24.2. The molecule has 2 heterocycles. The fraction of sp³-hybridized carbons (Fsp3) is 0.652. The molecule has 1 aromatic rings. The van der Waals surface area contributed by atoms with Crippen molar-refractivity contribution in [1.29, 1.82) is 0 Å². The number of ether oxygens (including phenoxy) is 1. The minimum Gasteiger partial charge on any atom is -0.394 e. The molecule has 2 saturated heterocycles. The number of likely N-dealkylation sites (tertiary alicyclic amines) is 1. The van der Waals surface area contributed by atoms with Crippen LogP contribution in [-0.4, -0.2) is 72.9 Å². The summed E-state index contributed by atoms with van der Waals surface area (Å²) in [7, 11) is 0. The first-order valence-corrected chi connectivity index (χ1v) is 12.2. The first kappa shape index (κ1) is 25.2. The number of halogens is 2. The highest BCUT2D eigenvalue weighted by molar-refractivity contribution is 6.35. The Morgan fingerprint density at radius 2 is 1.81 bits per heavy atom. The smallest absolute Gasteiger partial charge is 0.251 e. The average molecular weight is 486 g/mol. The van der Waals surface area contributed by atoms with Gasteiger partial charge in [0.2, 0.25) is 5.91 Å². The maximum absolute atomic E-state index is 12.4. The number of nitrogens with zero attached hydrogens (tertiary/aromatic N) is 1. The van der Waals surface area contributed by atoms with Crippen LogP contribution in [0, 0.1) is 0 Å². The van der Waals surface area contributed by atoms with E-state index in [-0.39, 0.29) is 30.6 Å². The van der Waals surface area contributed by atoms with Gasteiger partial charge in [0.05, 0.1) is 18.8 Å². The van der Waals surface area contributed by atoms with E-state index in [0.29, 0.717) is 35.0 Å². The van der Waals surface area contributed by atoms with Crippen LogP contribution in [0.1, 0.15) is 55.3 Å². The molecule has 7 nitrogen and oxygen atoms in total. The standard InChI is InChI=1S/C23H33Cl2N3O4/c24-17-12-16(13-18(25)14-17)23(31)26-8-6-19-4-5-20(21(15-29)32-19)27-22(30)7-11-28-9-2-1-3-10-28/h12-14,19-21,29H,1-11,15H2,(H,26,31)(H,27,30)/t19-,20-,21+/m1/s1. The van der Waals surface area contributed by atoms with Crippen LogP contribution in [0.3, 0.4) is 0 Å². The lowest BCUT2D eigenvalue weighted by atomic mass is 9.97. The van der Waals surface area contributed by atoms with Crippen molar-refractivity contribution < 1.29 is 19.4 Å². The SMILES string of the molecule is O=C(CCN1CCCCC1)N[C@@H]1CC[C@H](CCNC(=O)c2cc(Cl)cc(Cl)c2)O[C@H]1CO. The molecule has 0 spiro atoms. The topological polar surface area (TPSA) is 90.9 Å². The van der Waals surface area contributed by atoms with E-state index in [4.69, 9.17) is 27.9 Å². The average Bonchev–Trinajstić information content (AvgIpc) is 2.78. The van der Waals surface area contributed by atoms with E-state index < -0.39 is 6.10 Å². The van der Waals surface area contributed by atoms with Crippen LogP contribution in [0.15, 0.2) is 18.2 Å². The molecule has 9 heteroatoms. The van der Waals surface area contributed by atoms with Gasteiger partial charge < -0.3 is 25.4 Å². The zero-order chi connectivity index (χ0) is 22.9. The Morgan fingerprint density at radius 3 is 2.50 bits per heavy atom. The lowest BCUT2D eigenvalue weighted by Gasteiger charge is -2.36. The lowest BCUT2D eigenvalue weighted by Crippen LogP contribution is -2.51. The molecular weight excluding hydrogens is 453 g/mol. The van der Waals surface area contributed by atoms with Crippen LogP contribution in [0.25, 0.3) is 0 Å². The highest BCUT2D eigenvalue weighted by Gasteiger charge is 2.31. The maximum atomic E-state index is 12.4. The number of aliphatic hydroxyl groups excluding tert-OH is 1. The number of rotatable bonds is 9. The van der Waals surface area contributed by atoms with Crippen LogP contribution in [0.4, 0.5) is 0 Å². The zero-order valence-corrected chi connectivity index (χ0v) is 19.8. The molecule has 2 amide bonds. The van der Waals surface area contributed by atoms with Crippen LogP contribution < -0.4 is 10.6 Å². The second-order valence-electron chi connectivity index (χ2n) is 8.59. The van der Waals surface area contributed by atoms with Gasteiger partial charge in [0, 0.05) is 35.1 Å². The summed E-state index contributed by atoms with van der Waals surface area (Å²) in [6, 6.07) is 4.53. The lowest BCUT2D eigenvalue weighted by molar-refractivity contribution is -0.128. The molecule has 0 unspecified atom stereocenters. The summed E-state index contributed by atoms with van der Waals surface area (Å²) in [4.78, 5) is 27.0. The number of piperidine rings is 1. The molecule has 0 aliphatic carbocycles. The van der Waals surface area contributed by atoms with Gasteiger partial charge in [-0.3, -0.25) is 9.59 Å². The van der Waals surface area contributed by atoms with Crippen LogP contribution in [0.2, 0.25) is 10.0 Å². The van der Waals surface area contributed by atoms with E-state index in [9.17, 15) is 14.7 Å². The predicted octanol–water partition coefficient (Wildman–Crippen LogP) is 3.01.